The summed E-state index contributed by atoms with van der Waals surface area (Å²) in [5.41, 5.74) is 4.91. The number of anilines is 1. The van der Waals surface area contributed by atoms with Crippen LogP contribution in [0.15, 0.2) is 71.4 Å². The lowest BCUT2D eigenvalue weighted by Crippen LogP contribution is -2.27. The van der Waals surface area contributed by atoms with Crippen molar-refractivity contribution in [1.82, 2.24) is 20.2 Å². The fourth-order valence-electron chi connectivity index (χ4n) is 2.75. The number of benzene rings is 2. The Bertz CT molecular complexity index is 1100. The van der Waals surface area contributed by atoms with E-state index in [9.17, 15) is 9.18 Å². The Hall–Kier alpha value is -3.46. The topological polar surface area (TPSA) is 84.2 Å². The van der Waals surface area contributed by atoms with Gasteiger partial charge >= 0.3 is 0 Å². The molecule has 0 radical (unpaired) electrons. The van der Waals surface area contributed by atoms with E-state index in [-0.39, 0.29) is 5.91 Å². The summed E-state index contributed by atoms with van der Waals surface area (Å²) in [6.45, 7) is 8.58. The molecule has 3 aromatic rings. The number of nitrogens with one attached hydrogen (secondary N) is 2. The van der Waals surface area contributed by atoms with Gasteiger partial charge in [0.2, 0.25) is 0 Å². The van der Waals surface area contributed by atoms with Gasteiger partial charge in [-0.15, -0.1) is 16.8 Å². The van der Waals surface area contributed by atoms with E-state index in [1.165, 1.54) is 29.6 Å². The molecule has 2 N–H and O–H groups in total. The molecule has 0 saturated carbocycles. The number of hydrazone groups is 1. The minimum Gasteiger partial charge on any atom is -0.378 e. The molecule has 0 saturated heterocycles. The van der Waals surface area contributed by atoms with E-state index >= 15 is 0 Å². The van der Waals surface area contributed by atoms with Crippen LogP contribution in [-0.4, -0.2) is 32.1 Å². The van der Waals surface area contributed by atoms with Crippen LogP contribution < -0.4 is 10.7 Å². The summed E-state index contributed by atoms with van der Waals surface area (Å²) in [5.74, 6) is 0.00505. The maximum absolute atomic E-state index is 13.6. The highest BCUT2D eigenvalue weighted by Crippen LogP contribution is 2.23. The van der Waals surface area contributed by atoms with Crippen molar-refractivity contribution in [3.8, 4) is 0 Å². The zero-order valence-corrected chi connectivity index (χ0v) is 18.8. The second-order valence-corrected chi connectivity index (χ2v) is 8.34. The third-order valence-electron chi connectivity index (χ3n) is 4.54. The number of hydrogen-bond donors (Lipinski definition) is 2. The maximum Gasteiger partial charge on any atom is 0.253 e. The van der Waals surface area contributed by atoms with Crippen LogP contribution in [0.3, 0.4) is 0 Å². The van der Waals surface area contributed by atoms with Crippen LogP contribution in [0.1, 0.15) is 23.9 Å². The molecule has 32 heavy (non-hydrogen) atoms. The molecule has 2 aromatic carbocycles. The molecule has 1 amide bonds. The van der Waals surface area contributed by atoms with Gasteiger partial charge in [-0.05, 0) is 32.0 Å². The second-order valence-electron chi connectivity index (χ2n) is 7.03. The number of allylic oxidation sites excluding steroid dienone is 1. The van der Waals surface area contributed by atoms with Crippen molar-refractivity contribution >= 4 is 29.6 Å². The molecule has 3 rings (SSSR count). The Kier molecular flexibility index (Phi) is 8.15. The standard InChI is InChI=1S/C23H25FN6OS/c1-4-13-30-21(15-25-19-11-9-16(2)10-12-19)27-29-23(30)32-17(3)22(31)28-26-14-18-7-5-6-8-20(18)24/h4-12,14,17,25H,1,13,15H2,2-3H3,(H,28,31)/b26-14-/t17-/m0/s1. The van der Waals surface area contributed by atoms with Crippen molar-refractivity contribution in [1.29, 1.82) is 0 Å². The highest BCUT2D eigenvalue weighted by atomic mass is 32.2. The van der Waals surface area contributed by atoms with Gasteiger partial charge in [0, 0.05) is 17.8 Å². The minimum absolute atomic E-state index is 0.296. The molecule has 9 heteroatoms. The highest BCUT2D eigenvalue weighted by Gasteiger charge is 2.19. The van der Waals surface area contributed by atoms with Crippen LogP contribution in [0, 0.1) is 12.7 Å². The number of nitrogens with zero attached hydrogens (tertiary/aromatic N) is 4. The van der Waals surface area contributed by atoms with Crippen molar-refractivity contribution in [3.05, 3.63) is 84.0 Å². The Balaban J connectivity index is 1.61. The molecule has 7 nitrogen and oxygen atoms in total. The van der Waals surface area contributed by atoms with Gasteiger partial charge < -0.3 is 9.88 Å². The van der Waals surface area contributed by atoms with Crippen molar-refractivity contribution in [2.24, 2.45) is 5.10 Å². The highest BCUT2D eigenvalue weighted by molar-refractivity contribution is 8.00. The van der Waals surface area contributed by atoms with E-state index in [0.717, 1.165) is 11.5 Å². The molecule has 0 fully saturated rings. The fourth-order valence-corrected chi connectivity index (χ4v) is 3.62. The zero-order chi connectivity index (χ0) is 22.9. The number of carbonyl (C=O) groups is 1. The molecule has 0 aliphatic rings. The first kappa shape index (κ1) is 23.2. The summed E-state index contributed by atoms with van der Waals surface area (Å²) < 4.78 is 15.5. The zero-order valence-electron chi connectivity index (χ0n) is 18.0. The van der Waals surface area contributed by atoms with E-state index in [4.69, 9.17) is 0 Å². The van der Waals surface area contributed by atoms with Crippen molar-refractivity contribution in [2.45, 2.75) is 37.3 Å². The van der Waals surface area contributed by atoms with E-state index in [0.29, 0.717) is 23.8 Å². The molecule has 0 aliphatic heterocycles. The Morgan fingerprint density at radius 2 is 2.00 bits per heavy atom. The first-order valence-electron chi connectivity index (χ1n) is 10.1. The summed E-state index contributed by atoms with van der Waals surface area (Å²) in [6.07, 6.45) is 3.03. The monoisotopic (exact) mass is 452 g/mol. The number of aryl methyl sites for hydroxylation is 1. The Morgan fingerprint density at radius 1 is 1.25 bits per heavy atom. The van der Waals surface area contributed by atoms with E-state index in [1.807, 2.05) is 35.8 Å². The van der Waals surface area contributed by atoms with Crippen LogP contribution in [0.4, 0.5) is 10.1 Å². The van der Waals surface area contributed by atoms with Gasteiger partial charge in [0.1, 0.15) is 5.82 Å². The minimum atomic E-state index is -0.488. The third kappa shape index (κ3) is 6.27. The molecule has 1 aromatic heterocycles. The lowest BCUT2D eigenvalue weighted by Gasteiger charge is -2.12. The van der Waals surface area contributed by atoms with Crippen LogP contribution in [0.2, 0.25) is 0 Å². The predicted molar refractivity (Wildman–Crippen MR) is 126 cm³/mol. The predicted octanol–water partition coefficient (Wildman–Crippen LogP) is 4.15. The number of hydrogen-bond acceptors (Lipinski definition) is 6. The normalized spacial score (nSPS) is 12.0. The molecule has 0 spiro atoms. The first-order valence-corrected chi connectivity index (χ1v) is 10.9. The average Bonchev–Trinajstić information content (AvgIpc) is 3.16. The number of aromatic nitrogens is 3. The molecule has 1 heterocycles. The van der Waals surface area contributed by atoms with Crippen LogP contribution in [0.25, 0.3) is 0 Å². The van der Waals surface area contributed by atoms with Crippen LogP contribution >= 0.6 is 11.8 Å². The molecule has 0 aliphatic carbocycles. The fraction of sp³-hybridized carbons (Fsp3) is 0.217. The maximum atomic E-state index is 13.6. The number of carbonyl (C=O) groups excluding carboxylic acids is 1. The SMILES string of the molecule is C=CCn1c(CNc2ccc(C)cc2)nnc1S[C@@H](C)C(=O)N/N=C\c1ccccc1F. The van der Waals surface area contributed by atoms with Gasteiger partial charge in [-0.2, -0.15) is 5.10 Å². The van der Waals surface area contributed by atoms with Gasteiger partial charge in [-0.1, -0.05) is 53.7 Å². The van der Waals surface area contributed by atoms with Crippen LogP contribution in [-0.2, 0) is 17.9 Å². The van der Waals surface area contributed by atoms with Crippen LogP contribution in [0.5, 0.6) is 0 Å². The number of thioether (sulfide) groups is 1. The lowest BCUT2D eigenvalue weighted by atomic mass is 10.2. The summed E-state index contributed by atoms with van der Waals surface area (Å²) >= 11 is 1.27. The summed E-state index contributed by atoms with van der Waals surface area (Å²) in [6, 6.07) is 14.3. The third-order valence-corrected chi connectivity index (χ3v) is 5.62. The van der Waals surface area contributed by atoms with Crippen molar-refractivity contribution < 1.29 is 9.18 Å². The van der Waals surface area contributed by atoms with Gasteiger partial charge in [0.05, 0.1) is 18.0 Å². The number of rotatable bonds is 10. The van der Waals surface area contributed by atoms with Crippen molar-refractivity contribution in [2.75, 3.05) is 5.32 Å². The van der Waals surface area contributed by atoms with Gasteiger partial charge in [-0.25, -0.2) is 9.82 Å². The molecule has 1 atom stereocenters. The molecule has 166 valence electrons. The van der Waals surface area contributed by atoms with E-state index in [2.05, 4.69) is 32.6 Å². The molecule has 0 unspecified atom stereocenters. The smallest absolute Gasteiger partial charge is 0.253 e. The molecular formula is C23H25FN6OS. The lowest BCUT2D eigenvalue weighted by molar-refractivity contribution is -0.120. The van der Waals surface area contributed by atoms with Gasteiger partial charge in [0.25, 0.3) is 5.91 Å². The summed E-state index contributed by atoms with van der Waals surface area (Å²) in [7, 11) is 0. The largest absolute Gasteiger partial charge is 0.378 e. The number of amides is 1. The van der Waals surface area contributed by atoms with Crippen molar-refractivity contribution in [3.63, 3.8) is 0 Å². The number of halogens is 1. The molecule has 0 bridgehead atoms. The van der Waals surface area contributed by atoms with E-state index < -0.39 is 11.1 Å². The Morgan fingerprint density at radius 3 is 2.72 bits per heavy atom. The summed E-state index contributed by atoms with van der Waals surface area (Å²) in [5, 5.41) is 15.8. The van der Waals surface area contributed by atoms with E-state index in [1.54, 1.807) is 31.2 Å². The quantitative estimate of drug-likeness (QED) is 0.209. The van der Waals surface area contributed by atoms with Gasteiger partial charge in [-0.3, -0.25) is 4.79 Å². The average molecular weight is 453 g/mol. The van der Waals surface area contributed by atoms with Gasteiger partial charge in [0.15, 0.2) is 11.0 Å². The Labute approximate surface area is 190 Å². The molecular weight excluding hydrogens is 427 g/mol. The first-order chi connectivity index (χ1) is 15.5. The second kappa shape index (κ2) is 11.2. The summed E-state index contributed by atoms with van der Waals surface area (Å²) in [4.78, 5) is 12.4.